The van der Waals surface area contributed by atoms with Gasteiger partial charge in [0.2, 0.25) is 0 Å². The number of rotatable bonds is 4. The number of carbonyl (C=O) groups excluding carboxylic acids is 1. The van der Waals surface area contributed by atoms with Crippen LogP contribution in [0.15, 0.2) is 16.5 Å². The number of carbonyl (C=O) groups is 1. The minimum atomic E-state index is -0.636. The summed E-state index contributed by atoms with van der Waals surface area (Å²) >= 11 is 0. The maximum absolute atomic E-state index is 12.2. The van der Waals surface area contributed by atoms with Crippen LogP contribution in [0.2, 0.25) is 0 Å². The Morgan fingerprint density at radius 1 is 1.50 bits per heavy atom. The van der Waals surface area contributed by atoms with Crippen molar-refractivity contribution in [1.29, 1.82) is 0 Å². The Kier molecular flexibility index (Phi) is 3.64. The highest BCUT2D eigenvalue weighted by Crippen LogP contribution is 2.26. The summed E-state index contributed by atoms with van der Waals surface area (Å²) in [7, 11) is 0. The van der Waals surface area contributed by atoms with E-state index in [-0.39, 0.29) is 23.6 Å². The fourth-order valence-electron chi connectivity index (χ4n) is 2.47. The molecule has 1 heterocycles. The molecule has 1 amide bonds. The Morgan fingerprint density at radius 3 is 2.67 bits per heavy atom. The largest absolute Gasteiger partial charge is 0.433 e. The van der Waals surface area contributed by atoms with Crippen LogP contribution in [0.5, 0.6) is 0 Å². The lowest BCUT2D eigenvalue weighted by Crippen LogP contribution is -2.38. The minimum Gasteiger partial charge on any atom is -0.395 e. The van der Waals surface area contributed by atoms with Crippen molar-refractivity contribution in [3.05, 3.63) is 28.0 Å². The quantitative estimate of drug-likeness (QED) is 0.609. The van der Waals surface area contributed by atoms with Crippen LogP contribution < -0.4 is 0 Å². The lowest BCUT2D eigenvalue weighted by Gasteiger charge is -2.26. The molecule has 1 aliphatic rings. The van der Waals surface area contributed by atoms with Crippen molar-refractivity contribution >= 4 is 11.8 Å². The van der Waals surface area contributed by atoms with E-state index < -0.39 is 4.92 Å². The molecule has 0 aliphatic heterocycles. The molecule has 0 spiro atoms. The van der Waals surface area contributed by atoms with Crippen molar-refractivity contribution in [3.8, 4) is 0 Å². The second-order valence-electron chi connectivity index (χ2n) is 4.42. The van der Waals surface area contributed by atoms with Gasteiger partial charge in [-0.25, -0.2) is 0 Å². The molecule has 1 aromatic heterocycles. The van der Waals surface area contributed by atoms with Crippen molar-refractivity contribution in [1.82, 2.24) is 4.90 Å². The molecule has 98 valence electrons. The van der Waals surface area contributed by atoms with Gasteiger partial charge in [-0.15, -0.1) is 0 Å². The van der Waals surface area contributed by atoms with Crippen LogP contribution in [-0.2, 0) is 0 Å². The zero-order valence-electron chi connectivity index (χ0n) is 10.3. The van der Waals surface area contributed by atoms with Crippen LogP contribution >= 0.6 is 0 Å². The fraction of sp³-hybridized carbons (Fsp3) is 0.583. The van der Waals surface area contributed by atoms with E-state index in [2.05, 4.69) is 0 Å². The molecule has 0 unspecified atom stereocenters. The van der Waals surface area contributed by atoms with E-state index in [0.717, 1.165) is 25.7 Å². The topological polar surface area (TPSA) is 76.6 Å². The molecule has 6 nitrogen and oxygen atoms in total. The maximum Gasteiger partial charge on any atom is 0.433 e. The first-order valence-electron chi connectivity index (χ1n) is 6.18. The van der Waals surface area contributed by atoms with E-state index in [0.29, 0.717) is 6.54 Å². The first kappa shape index (κ1) is 12.6. The average molecular weight is 252 g/mol. The summed E-state index contributed by atoms with van der Waals surface area (Å²) in [6.45, 7) is 2.51. The van der Waals surface area contributed by atoms with Crippen molar-refractivity contribution in [2.24, 2.45) is 0 Å². The van der Waals surface area contributed by atoms with Crippen LogP contribution in [-0.4, -0.2) is 28.3 Å². The summed E-state index contributed by atoms with van der Waals surface area (Å²) in [5.41, 5.74) is 0. The van der Waals surface area contributed by atoms with Gasteiger partial charge in [0.25, 0.3) is 5.91 Å². The van der Waals surface area contributed by atoms with Gasteiger partial charge in [-0.2, -0.15) is 0 Å². The zero-order valence-corrected chi connectivity index (χ0v) is 10.3. The number of hydrogen-bond acceptors (Lipinski definition) is 4. The molecule has 0 radical (unpaired) electrons. The lowest BCUT2D eigenvalue weighted by molar-refractivity contribution is -0.402. The molecule has 18 heavy (non-hydrogen) atoms. The summed E-state index contributed by atoms with van der Waals surface area (Å²) in [5.74, 6) is -0.589. The SMILES string of the molecule is CCN(C(=O)c1ccc([N+](=O)[O-])o1)C1CCCC1. The number of hydrogen-bond donors (Lipinski definition) is 0. The standard InChI is InChI=1S/C12H16N2O4/c1-2-13(9-5-3-4-6-9)12(15)10-7-8-11(18-10)14(16)17/h7-9H,2-6H2,1H3. The minimum absolute atomic E-state index is 0.0513. The van der Waals surface area contributed by atoms with Crippen molar-refractivity contribution in [3.63, 3.8) is 0 Å². The third-order valence-electron chi connectivity index (χ3n) is 3.35. The number of nitrogens with zero attached hydrogens (tertiary/aromatic N) is 2. The normalized spacial score (nSPS) is 15.8. The molecule has 2 rings (SSSR count). The molecule has 1 fully saturated rings. The predicted molar refractivity (Wildman–Crippen MR) is 64.3 cm³/mol. The van der Waals surface area contributed by atoms with E-state index in [1.165, 1.54) is 12.1 Å². The molecule has 0 bridgehead atoms. The first-order chi connectivity index (χ1) is 8.63. The molecular weight excluding hydrogens is 236 g/mol. The Balaban J connectivity index is 2.14. The Hall–Kier alpha value is -1.85. The molecule has 0 saturated heterocycles. The Labute approximate surface area is 105 Å². The summed E-state index contributed by atoms with van der Waals surface area (Å²) in [6, 6.07) is 2.83. The van der Waals surface area contributed by atoms with Crippen molar-refractivity contribution in [2.45, 2.75) is 38.6 Å². The molecule has 6 heteroatoms. The maximum atomic E-state index is 12.2. The summed E-state index contributed by atoms with van der Waals surface area (Å²) < 4.78 is 4.96. The van der Waals surface area contributed by atoms with Gasteiger partial charge in [-0.05, 0) is 25.8 Å². The monoisotopic (exact) mass is 252 g/mol. The summed E-state index contributed by atoms with van der Waals surface area (Å²) in [4.78, 5) is 23.8. The van der Waals surface area contributed by atoms with Crippen LogP contribution in [0.25, 0.3) is 0 Å². The van der Waals surface area contributed by atoms with Crippen LogP contribution in [0.1, 0.15) is 43.2 Å². The highest BCUT2D eigenvalue weighted by Gasteiger charge is 2.28. The van der Waals surface area contributed by atoms with E-state index in [1.54, 1.807) is 4.90 Å². The molecule has 0 N–H and O–H groups in total. The van der Waals surface area contributed by atoms with Crippen LogP contribution in [0.3, 0.4) is 0 Å². The van der Waals surface area contributed by atoms with Gasteiger partial charge in [0.05, 0.1) is 6.07 Å². The predicted octanol–water partition coefficient (Wildman–Crippen LogP) is 2.59. The molecule has 0 aromatic carbocycles. The van der Waals surface area contributed by atoms with Crippen LogP contribution in [0.4, 0.5) is 5.88 Å². The van der Waals surface area contributed by atoms with Gasteiger partial charge < -0.3 is 9.32 Å². The first-order valence-corrected chi connectivity index (χ1v) is 6.18. The van der Waals surface area contributed by atoms with Crippen LogP contribution in [0, 0.1) is 10.1 Å². The molecular formula is C12H16N2O4. The average Bonchev–Trinajstić information content (AvgIpc) is 3.01. The Morgan fingerprint density at radius 2 is 2.17 bits per heavy atom. The van der Waals surface area contributed by atoms with Gasteiger partial charge in [0.1, 0.15) is 4.92 Å². The van der Waals surface area contributed by atoms with Gasteiger partial charge >= 0.3 is 5.88 Å². The van der Waals surface area contributed by atoms with Gasteiger partial charge in [0, 0.05) is 12.6 Å². The van der Waals surface area contributed by atoms with E-state index in [1.807, 2.05) is 6.92 Å². The smallest absolute Gasteiger partial charge is 0.395 e. The molecule has 1 saturated carbocycles. The second kappa shape index (κ2) is 5.20. The molecule has 1 aromatic rings. The van der Waals surface area contributed by atoms with Gasteiger partial charge in [-0.1, -0.05) is 12.8 Å². The fourth-order valence-corrected chi connectivity index (χ4v) is 2.47. The molecule has 1 aliphatic carbocycles. The lowest BCUT2D eigenvalue weighted by atomic mass is 10.2. The van der Waals surface area contributed by atoms with Gasteiger partial charge in [-0.3, -0.25) is 14.9 Å². The van der Waals surface area contributed by atoms with E-state index in [4.69, 9.17) is 4.42 Å². The van der Waals surface area contributed by atoms with Crippen molar-refractivity contribution < 1.29 is 14.1 Å². The van der Waals surface area contributed by atoms with E-state index in [9.17, 15) is 14.9 Å². The summed E-state index contributed by atoms with van der Waals surface area (Å²) in [6.07, 6.45) is 4.27. The Bertz CT molecular complexity index is 449. The zero-order chi connectivity index (χ0) is 13.1. The van der Waals surface area contributed by atoms with Gasteiger partial charge in [0.15, 0.2) is 5.76 Å². The summed E-state index contributed by atoms with van der Waals surface area (Å²) in [5, 5.41) is 10.5. The second-order valence-corrected chi connectivity index (χ2v) is 4.42. The third kappa shape index (κ3) is 2.37. The molecule has 0 atom stereocenters. The highest BCUT2D eigenvalue weighted by atomic mass is 16.6. The number of nitro groups is 1. The third-order valence-corrected chi connectivity index (χ3v) is 3.35. The highest BCUT2D eigenvalue weighted by molar-refractivity contribution is 5.92. The van der Waals surface area contributed by atoms with Crippen molar-refractivity contribution in [2.75, 3.05) is 6.54 Å². The van der Waals surface area contributed by atoms with E-state index >= 15 is 0 Å². The number of furan rings is 1. The number of amides is 1.